The molecule has 1 unspecified atom stereocenters. The van der Waals surface area contributed by atoms with Gasteiger partial charge in [-0.1, -0.05) is 18.2 Å². The SMILES string of the molecule is CNC1CCc2ccccc2N(C2CC2)C1=O. The number of amides is 1. The van der Waals surface area contributed by atoms with Crippen LogP contribution in [0.4, 0.5) is 5.69 Å². The Morgan fingerprint density at radius 1 is 1.24 bits per heavy atom. The van der Waals surface area contributed by atoms with Crippen molar-refractivity contribution in [2.75, 3.05) is 11.9 Å². The fraction of sp³-hybridized carbons (Fsp3) is 0.500. The van der Waals surface area contributed by atoms with E-state index in [1.54, 1.807) is 0 Å². The van der Waals surface area contributed by atoms with Crippen LogP contribution < -0.4 is 10.2 Å². The minimum atomic E-state index is -0.0250. The highest BCUT2D eigenvalue weighted by Gasteiger charge is 2.38. The van der Waals surface area contributed by atoms with Crippen LogP contribution in [0, 0.1) is 0 Å². The Balaban J connectivity index is 2.03. The van der Waals surface area contributed by atoms with E-state index in [0.717, 1.165) is 31.4 Å². The van der Waals surface area contributed by atoms with E-state index >= 15 is 0 Å². The number of aryl methyl sites for hydroxylation is 1. The van der Waals surface area contributed by atoms with Crippen molar-refractivity contribution in [2.45, 2.75) is 37.8 Å². The van der Waals surface area contributed by atoms with Crippen molar-refractivity contribution in [3.8, 4) is 0 Å². The zero-order valence-electron chi connectivity index (χ0n) is 10.1. The van der Waals surface area contributed by atoms with Crippen LogP contribution in [0.5, 0.6) is 0 Å². The van der Waals surface area contributed by atoms with Gasteiger partial charge in [0.2, 0.25) is 5.91 Å². The number of para-hydroxylation sites is 1. The third-order valence-corrected chi connectivity index (χ3v) is 3.75. The van der Waals surface area contributed by atoms with E-state index in [9.17, 15) is 4.79 Å². The minimum absolute atomic E-state index is 0.0250. The smallest absolute Gasteiger partial charge is 0.244 e. The van der Waals surface area contributed by atoms with Crippen LogP contribution in [-0.2, 0) is 11.2 Å². The summed E-state index contributed by atoms with van der Waals surface area (Å²) in [5.41, 5.74) is 2.45. The quantitative estimate of drug-likeness (QED) is 0.839. The fourth-order valence-corrected chi connectivity index (χ4v) is 2.64. The second-order valence-corrected chi connectivity index (χ2v) is 4.95. The van der Waals surface area contributed by atoms with E-state index in [1.807, 2.05) is 18.0 Å². The summed E-state index contributed by atoms with van der Waals surface area (Å²) in [6.07, 6.45) is 4.18. The van der Waals surface area contributed by atoms with Crippen molar-refractivity contribution in [1.82, 2.24) is 5.32 Å². The number of likely N-dealkylation sites (N-methyl/N-ethyl adjacent to an activating group) is 1. The first-order valence-electron chi connectivity index (χ1n) is 6.39. The molecule has 1 fully saturated rings. The number of carbonyl (C=O) groups is 1. The summed E-state index contributed by atoms with van der Waals surface area (Å²) in [5, 5.41) is 3.15. The third-order valence-electron chi connectivity index (χ3n) is 3.75. The molecular weight excluding hydrogens is 212 g/mol. The molecule has 1 amide bonds. The summed E-state index contributed by atoms with van der Waals surface area (Å²) in [6, 6.07) is 8.75. The number of anilines is 1. The number of hydrogen-bond acceptors (Lipinski definition) is 2. The summed E-state index contributed by atoms with van der Waals surface area (Å²) in [5.74, 6) is 0.250. The summed E-state index contributed by atoms with van der Waals surface area (Å²) >= 11 is 0. The molecule has 1 aromatic carbocycles. The molecule has 0 bridgehead atoms. The van der Waals surface area contributed by atoms with Crippen LogP contribution in [0.3, 0.4) is 0 Å². The van der Waals surface area contributed by atoms with Crippen molar-refractivity contribution in [1.29, 1.82) is 0 Å². The highest BCUT2D eigenvalue weighted by molar-refractivity contribution is 5.99. The number of benzene rings is 1. The van der Waals surface area contributed by atoms with Crippen LogP contribution >= 0.6 is 0 Å². The number of nitrogens with zero attached hydrogens (tertiary/aromatic N) is 1. The Morgan fingerprint density at radius 2 is 2.00 bits per heavy atom. The van der Waals surface area contributed by atoms with Gasteiger partial charge >= 0.3 is 0 Å². The molecule has 1 aliphatic heterocycles. The highest BCUT2D eigenvalue weighted by atomic mass is 16.2. The predicted molar refractivity (Wildman–Crippen MR) is 68.1 cm³/mol. The molecule has 0 radical (unpaired) electrons. The molecule has 1 heterocycles. The number of rotatable bonds is 2. The highest BCUT2D eigenvalue weighted by Crippen LogP contribution is 2.36. The van der Waals surface area contributed by atoms with E-state index in [0.29, 0.717) is 6.04 Å². The van der Waals surface area contributed by atoms with Crippen LogP contribution in [0.1, 0.15) is 24.8 Å². The van der Waals surface area contributed by atoms with Crippen molar-refractivity contribution < 1.29 is 4.79 Å². The maximum Gasteiger partial charge on any atom is 0.244 e. The maximum atomic E-state index is 12.5. The molecule has 0 saturated heterocycles. The molecule has 2 aliphatic rings. The largest absolute Gasteiger partial charge is 0.309 e. The number of carbonyl (C=O) groups excluding carboxylic acids is 1. The average Bonchev–Trinajstić information content (AvgIpc) is 3.16. The molecule has 3 rings (SSSR count). The lowest BCUT2D eigenvalue weighted by atomic mass is 10.1. The zero-order valence-corrected chi connectivity index (χ0v) is 10.1. The van der Waals surface area contributed by atoms with E-state index in [4.69, 9.17) is 0 Å². The summed E-state index contributed by atoms with van der Waals surface area (Å²) in [4.78, 5) is 14.5. The lowest BCUT2D eigenvalue weighted by Crippen LogP contribution is -2.45. The van der Waals surface area contributed by atoms with Crippen LogP contribution in [0.15, 0.2) is 24.3 Å². The molecule has 17 heavy (non-hydrogen) atoms. The first kappa shape index (κ1) is 10.8. The molecular formula is C14H18N2O. The Morgan fingerprint density at radius 3 is 2.71 bits per heavy atom. The predicted octanol–water partition coefficient (Wildman–Crippen LogP) is 1.72. The van der Waals surface area contributed by atoms with E-state index in [1.165, 1.54) is 5.56 Å². The minimum Gasteiger partial charge on any atom is -0.309 e. The first-order valence-corrected chi connectivity index (χ1v) is 6.39. The van der Waals surface area contributed by atoms with Gasteiger partial charge in [-0.15, -0.1) is 0 Å². The lowest BCUT2D eigenvalue weighted by molar-refractivity contribution is -0.120. The monoisotopic (exact) mass is 230 g/mol. The Kier molecular flexibility index (Phi) is 2.63. The van der Waals surface area contributed by atoms with Gasteiger partial charge in [-0.25, -0.2) is 0 Å². The topological polar surface area (TPSA) is 32.3 Å². The standard InChI is InChI=1S/C14H18N2O/c1-15-12-9-6-10-4-2-3-5-13(10)16(14(12)17)11-7-8-11/h2-5,11-12,15H,6-9H2,1H3. The number of hydrogen-bond donors (Lipinski definition) is 1. The van der Waals surface area contributed by atoms with Crippen molar-refractivity contribution in [3.05, 3.63) is 29.8 Å². The molecule has 90 valence electrons. The summed E-state index contributed by atoms with van der Waals surface area (Å²) < 4.78 is 0. The van der Waals surface area contributed by atoms with Crippen molar-refractivity contribution >= 4 is 11.6 Å². The van der Waals surface area contributed by atoms with Gasteiger partial charge in [-0.3, -0.25) is 4.79 Å². The molecule has 0 spiro atoms. The van der Waals surface area contributed by atoms with Crippen molar-refractivity contribution in [2.24, 2.45) is 0 Å². The van der Waals surface area contributed by atoms with Crippen molar-refractivity contribution in [3.63, 3.8) is 0 Å². The van der Waals surface area contributed by atoms with Crippen LogP contribution in [0.2, 0.25) is 0 Å². The van der Waals surface area contributed by atoms with Gasteiger partial charge in [0.05, 0.1) is 6.04 Å². The summed E-state index contributed by atoms with van der Waals surface area (Å²) in [6.45, 7) is 0. The van der Waals surface area contributed by atoms with E-state index in [2.05, 4.69) is 23.5 Å². The van der Waals surface area contributed by atoms with Gasteiger partial charge in [-0.05, 0) is 44.4 Å². The Bertz CT molecular complexity index is 440. The molecule has 1 aromatic rings. The average molecular weight is 230 g/mol. The molecule has 3 heteroatoms. The van der Waals surface area contributed by atoms with Gasteiger partial charge in [-0.2, -0.15) is 0 Å². The number of fused-ring (bicyclic) bond motifs is 1. The van der Waals surface area contributed by atoms with Crippen LogP contribution in [-0.4, -0.2) is 25.0 Å². The van der Waals surface area contributed by atoms with Gasteiger partial charge < -0.3 is 10.2 Å². The zero-order chi connectivity index (χ0) is 11.8. The van der Waals surface area contributed by atoms with Gasteiger partial charge in [0.25, 0.3) is 0 Å². The van der Waals surface area contributed by atoms with E-state index in [-0.39, 0.29) is 11.9 Å². The molecule has 0 aromatic heterocycles. The molecule has 3 nitrogen and oxygen atoms in total. The second-order valence-electron chi connectivity index (χ2n) is 4.95. The first-order chi connectivity index (χ1) is 8.31. The maximum absolute atomic E-state index is 12.5. The fourth-order valence-electron chi connectivity index (χ4n) is 2.64. The van der Waals surface area contributed by atoms with Gasteiger partial charge in [0, 0.05) is 11.7 Å². The van der Waals surface area contributed by atoms with Crippen LogP contribution in [0.25, 0.3) is 0 Å². The molecule has 1 N–H and O–H groups in total. The van der Waals surface area contributed by atoms with Gasteiger partial charge in [0.15, 0.2) is 0 Å². The second kappa shape index (κ2) is 4.15. The lowest BCUT2D eigenvalue weighted by Gasteiger charge is -2.25. The third kappa shape index (κ3) is 1.84. The summed E-state index contributed by atoms with van der Waals surface area (Å²) in [7, 11) is 1.88. The Labute approximate surface area is 102 Å². The number of nitrogens with one attached hydrogen (secondary N) is 1. The molecule has 1 aliphatic carbocycles. The Hall–Kier alpha value is -1.35. The molecule has 1 atom stereocenters. The van der Waals surface area contributed by atoms with E-state index < -0.39 is 0 Å². The normalized spacial score (nSPS) is 24.4. The van der Waals surface area contributed by atoms with Gasteiger partial charge in [0.1, 0.15) is 0 Å². The molecule has 1 saturated carbocycles.